The number of amides is 1. The molecule has 0 bridgehead atoms. The van der Waals surface area contributed by atoms with Crippen molar-refractivity contribution in [2.24, 2.45) is 0 Å². The Morgan fingerprint density at radius 3 is 3.20 bits per heavy atom. The van der Waals surface area contributed by atoms with Gasteiger partial charge in [-0.25, -0.2) is 9.78 Å². The lowest BCUT2D eigenvalue weighted by Crippen LogP contribution is -2.35. The van der Waals surface area contributed by atoms with Crippen LogP contribution in [0.25, 0.3) is 0 Å². The molecule has 0 saturated carbocycles. The van der Waals surface area contributed by atoms with E-state index in [1.165, 1.54) is 4.88 Å². The molecule has 0 unspecified atom stereocenters. The van der Waals surface area contributed by atoms with E-state index < -0.39 is 0 Å². The van der Waals surface area contributed by atoms with Crippen molar-refractivity contribution in [2.45, 2.75) is 26.8 Å². The van der Waals surface area contributed by atoms with Gasteiger partial charge in [-0.15, -0.1) is 11.3 Å². The molecule has 1 aromatic heterocycles. The van der Waals surface area contributed by atoms with E-state index in [4.69, 9.17) is 4.74 Å². The molecule has 0 aromatic carbocycles. The van der Waals surface area contributed by atoms with E-state index in [1.54, 1.807) is 16.2 Å². The summed E-state index contributed by atoms with van der Waals surface area (Å²) in [6.45, 7) is 5.63. The first-order valence-electron chi connectivity index (χ1n) is 5.07. The zero-order chi connectivity index (χ0) is 10.8. The molecular formula is C10H14N2O2S. The molecule has 1 amide bonds. The molecule has 1 aliphatic heterocycles. The van der Waals surface area contributed by atoms with Gasteiger partial charge in [0.15, 0.2) is 0 Å². The standard InChI is InChI=1S/C10H14N2O2S/c1-3-14-10(13)12-5-4-8-9(6-12)15-7(2)11-8/h3-6H2,1-2H3. The number of nitrogens with zero attached hydrogens (tertiary/aromatic N) is 2. The minimum absolute atomic E-state index is 0.214. The maximum Gasteiger partial charge on any atom is 0.410 e. The molecule has 2 heterocycles. The van der Waals surface area contributed by atoms with Gasteiger partial charge in [0.05, 0.1) is 23.9 Å². The first-order chi connectivity index (χ1) is 7.20. The first-order valence-corrected chi connectivity index (χ1v) is 5.89. The van der Waals surface area contributed by atoms with Gasteiger partial charge in [-0.05, 0) is 13.8 Å². The van der Waals surface area contributed by atoms with Gasteiger partial charge >= 0.3 is 6.09 Å². The van der Waals surface area contributed by atoms with Crippen molar-refractivity contribution >= 4 is 17.4 Å². The molecule has 0 radical (unpaired) electrons. The summed E-state index contributed by atoms with van der Waals surface area (Å²) in [6.07, 6.45) is 0.632. The van der Waals surface area contributed by atoms with Crippen LogP contribution in [0.5, 0.6) is 0 Å². The third kappa shape index (κ3) is 2.12. The number of carbonyl (C=O) groups is 1. The quantitative estimate of drug-likeness (QED) is 0.735. The van der Waals surface area contributed by atoms with Gasteiger partial charge in [-0.2, -0.15) is 0 Å². The average molecular weight is 226 g/mol. The highest BCUT2D eigenvalue weighted by Gasteiger charge is 2.23. The number of ether oxygens (including phenoxy) is 1. The van der Waals surface area contributed by atoms with Crippen LogP contribution in [-0.4, -0.2) is 29.1 Å². The van der Waals surface area contributed by atoms with E-state index in [1.807, 2.05) is 13.8 Å². The number of aryl methyl sites for hydroxylation is 1. The van der Waals surface area contributed by atoms with E-state index in [9.17, 15) is 4.79 Å². The normalized spacial score (nSPS) is 14.9. The smallest absolute Gasteiger partial charge is 0.410 e. The van der Waals surface area contributed by atoms with Crippen LogP contribution < -0.4 is 0 Å². The van der Waals surface area contributed by atoms with Crippen LogP contribution in [-0.2, 0) is 17.7 Å². The van der Waals surface area contributed by atoms with E-state index in [2.05, 4.69) is 4.98 Å². The highest BCUT2D eigenvalue weighted by molar-refractivity contribution is 7.11. The third-order valence-electron chi connectivity index (χ3n) is 2.36. The Bertz CT molecular complexity index is 375. The van der Waals surface area contributed by atoms with Gasteiger partial charge in [-0.1, -0.05) is 0 Å². The van der Waals surface area contributed by atoms with Gasteiger partial charge in [-0.3, -0.25) is 0 Å². The Morgan fingerprint density at radius 1 is 1.67 bits per heavy atom. The van der Waals surface area contributed by atoms with Crippen molar-refractivity contribution in [3.8, 4) is 0 Å². The zero-order valence-corrected chi connectivity index (χ0v) is 9.76. The van der Waals surface area contributed by atoms with E-state index in [0.29, 0.717) is 13.2 Å². The summed E-state index contributed by atoms with van der Waals surface area (Å²) in [5.74, 6) is 0. The Kier molecular flexibility index (Phi) is 2.90. The number of fused-ring (bicyclic) bond motifs is 1. The van der Waals surface area contributed by atoms with E-state index >= 15 is 0 Å². The second kappa shape index (κ2) is 4.18. The summed E-state index contributed by atoms with van der Waals surface area (Å²) in [5, 5.41) is 1.07. The minimum atomic E-state index is -0.214. The van der Waals surface area contributed by atoms with Gasteiger partial charge in [0, 0.05) is 17.8 Å². The van der Waals surface area contributed by atoms with Crippen molar-refractivity contribution < 1.29 is 9.53 Å². The average Bonchev–Trinajstić information content (AvgIpc) is 2.57. The van der Waals surface area contributed by atoms with E-state index in [0.717, 1.165) is 23.7 Å². The van der Waals surface area contributed by atoms with Crippen LogP contribution in [0.2, 0.25) is 0 Å². The molecule has 1 aliphatic rings. The molecule has 0 spiro atoms. The fourth-order valence-corrected chi connectivity index (χ4v) is 2.69. The number of hydrogen-bond donors (Lipinski definition) is 0. The Hall–Kier alpha value is -1.10. The van der Waals surface area contributed by atoms with Crippen molar-refractivity contribution in [3.63, 3.8) is 0 Å². The molecule has 1 aromatic rings. The lowest BCUT2D eigenvalue weighted by atomic mass is 10.2. The van der Waals surface area contributed by atoms with Crippen molar-refractivity contribution in [2.75, 3.05) is 13.2 Å². The van der Waals surface area contributed by atoms with Gasteiger partial charge < -0.3 is 9.64 Å². The monoisotopic (exact) mass is 226 g/mol. The molecule has 0 saturated heterocycles. The highest BCUT2D eigenvalue weighted by Crippen LogP contribution is 2.24. The highest BCUT2D eigenvalue weighted by atomic mass is 32.1. The predicted molar refractivity (Wildman–Crippen MR) is 58.0 cm³/mol. The molecule has 4 nitrogen and oxygen atoms in total. The third-order valence-corrected chi connectivity index (χ3v) is 3.36. The molecule has 2 rings (SSSR count). The molecule has 15 heavy (non-hydrogen) atoms. The zero-order valence-electron chi connectivity index (χ0n) is 8.95. The summed E-state index contributed by atoms with van der Waals surface area (Å²) in [5.41, 5.74) is 1.15. The Morgan fingerprint density at radius 2 is 2.47 bits per heavy atom. The SMILES string of the molecule is CCOC(=O)N1CCc2nc(C)sc2C1. The van der Waals surface area contributed by atoms with Crippen LogP contribution in [0, 0.1) is 6.92 Å². The number of rotatable bonds is 1. The molecule has 82 valence electrons. The maximum atomic E-state index is 11.5. The second-order valence-corrected chi connectivity index (χ2v) is 4.76. The summed E-state index contributed by atoms with van der Waals surface area (Å²) in [4.78, 5) is 18.9. The van der Waals surface area contributed by atoms with Gasteiger partial charge in [0.25, 0.3) is 0 Å². The number of thiazole rings is 1. The molecule has 0 N–H and O–H groups in total. The Balaban J connectivity index is 2.08. The van der Waals surface area contributed by atoms with Crippen LogP contribution in [0.1, 0.15) is 22.5 Å². The van der Waals surface area contributed by atoms with Crippen molar-refractivity contribution in [1.29, 1.82) is 0 Å². The molecule has 0 fully saturated rings. The van der Waals surface area contributed by atoms with Crippen molar-refractivity contribution in [1.82, 2.24) is 9.88 Å². The summed E-state index contributed by atoms with van der Waals surface area (Å²) >= 11 is 1.67. The Labute approximate surface area is 92.9 Å². The maximum absolute atomic E-state index is 11.5. The number of carbonyl (C=O) groups excluding carboxylic acids is 1. The predicted octanol–water partition coefficient (Wildman–Crippen LogP) is 1.97. The molecule has 0 aliphatic carbocycles. The minimum Gasteiger partial charge on any atom is -0.450 e. The molecule has 0 atom stereocenters. The van der Waals surface area contributed by atoms with Crippen LogP contribution in [0.3, 0.4) is 0 Å². The molecule has 5 heteroatoms. The van der Waals surface area contributed by atoms with Crippen molar-refractivity contribution in [3.05, 3.63) is 15.6 Å². The fourth-order valence-electron chi connectivity index (χ4n) is 1.70. The van der Waals surface area contributed by atoms with Gasteiger partial charge in [0.2, 0.25) is 0 Å². The summed E-state index contributed by atoms with van der Waals surface area (Å²) < 4.78 is 4.97. The lowest BCUT2D eigenvalue weighted by molar-refractivity contribution is 0.103. The van der Waals surface area contributed by atoms with Crippen LogP contribution >= 0.6 is 11.3 Å². The topological polar surface area (TPSA) is 42.4 Å². The van der Waals surface area contributed by atoms with Crippen LogP contribution in [0.15, 0.2) is 0 Å². The molecular weight excluding hydrogens is 212 g/mol. The largest absolute Gasteiger partial charge is 0.450 e. The van der Waals surface area contributed by atoms with Gasteiger partial charge in [0.1, 0.15) is 0 Å². The summed E-state index contributed by atoms with van der Waals surface area (Å²) in [7, 11) is 0. The second-order valence-electron chi connectivity index (χ2n) is 3.47. The lowest BCUT2D eigenvalue weighted by Gasteiger charge is -2.24. The van der Waals surface area contributed by atoms with E-state index in [-0.39, 0.29) is 6.09 Å². The number of aromatic nitrogens is 1. The summed E-state index contributed by atoms with van der Waals surface area (Å²) in [6, 6.07) is 0. The van der Waals surface area contributed by atoms with Crippen LogP contribution in [0.4, 0.5) is 4.79 Å². The fraction of sp³-hybridized carbons (Fsp3) is 0.600. The first kappa shape index (κ1) is 10.4. The number of hydrogen-bond acceptors (Lipinski definition) is 4.